The number of halogens is 1. The third kappa shape index (κ3) is 3.43. The van der Waals surface area contributed by atoms with E-state index in [0.29, 0.717) is 6.54 Å². The molecule has 102 valence electrons. The van der Waals surface area contributed by atoms with Crippen molar-refractivity contribution < 1.29 is 13.5 Å². The van der Waals surface area contributed by atoms with Crippen LogP contribution in [0.25, 0.3) is 0 Å². The molecule has 1 atom stereocenters. The summed E-state index contributed by atoms with van der Waals surface area (Å²) < 4.78 is 25.4. The van der Waals surface area contributed by atoms with Crippen LogP contribution >= 0.6 is 11.6 Å². The van der Waals surface area contributed by atoms with Gasteiger partial charge in [0.2, 0.25) is 10.0 Å². The van der Waals surface area contributed by atoms with Crippen LogP contribution in [0.2, 0.25) is 5.02 Å². The predicted octanol–water partition coefficient (Wildman–Crippen LogP) is 0.800. The summed E-state index contributed by atoms with van der Waals surface area (Å²) in [6, 6.07) is 4.58. The van der Waals surface area contributed by atoms with E-state index < -0.39 is 16.1 Å². The molecular weight excluding hydrogens is 276 g/mol. The van der Waals surface area contributed by atoms with Crippen molar-refractivity contribution in [3.63, 3.8) is 0 Å². The number of aliphatic hydroxyl groups is 1. The Labute approximate surface area is 112 Å². The summed E-state index contributed by atoms with van der Waals surface area (Å²) in [6.45, 7) is 1.83. The molecule has 1 rings (SSSR count). The maximum atomic E-state index is 12.2. The first kappa shape index (κ1) is 15.4. The highest BCUT2D eigenvalue weighted by Gasteiger charge is 2.24. The number of rotatable bonds is 5. The number of aliphatic hydroxyl groups excluding tert-OH is 1. The first-order valence-corrected chi connectivity index (χ1v) is 7.23. The molecule has 0 saturated heterocycles. The lowest BCUT2D eigenvalue weighted by atomic mass is 10.2. The van der Waals surface area contributed by atoms with Gasteiger partial charge in [-0.05, 0) is 24.6 Å². The molecule has 5 nitrogen and oxygen atoms in total. The van der Waals surface area contributed by atoms with Gasteiger partial charge in [-0.2, -0.15) is 4.31 Å². The van der Waals surface area contributed by atoms with Crippen LogP contribution in [-0.2, 0) is 16.6 Å². The summed E-state index contributed by atoms with van der Waals surface area (Å²) >= 11 is 5.95. The Hall–Kier alpha value is -0.660. The number of likely N-dealkylation sites (N-methyl/N-ethyl adjacent to an activating group) is 1. The Morgan fingerprint density at radius 2 is 2.11 bits per heavy atom. The summed E-state index contributed by atoms with van der Waals surface area (Å²) in [5, 5.41) is 9.36. The summed E-state index contributed by atoms with van der Waals surface area (Å²) in [6.07, 6.45) is -0.744. The second-order valence-corrected chi connectivity index (χ2v) is 6.52. The zero-order valence-corrected chi connectivity index (χ0v) is 11.9. The molecular formula is C11H17ClN2O3S. The molecule has 3 N–H and O–H groups in total. The third-order valence-electron chi connectivity index (χ3n) is 2.44. The van der Waals surface area contributed by atoms with Crippen molar-refractivity contribution in [1.82, 2.24) is 4.31 Å². The normalized spacial score (nSPS) is 13.9. The van der Waals surface area contributed by atoms with E-state index >= 15 is 0 Å². The SMILES string of the molecule is CC(O)CN(C)S(=O)(=O)c1ccc(CN)cc1Cl. The van der Waals surface area contributed by atoms with Crippen molar-refractivity contribution in [1.29, 1.82) is 0 Å². The van der Waals surface area contributed by atoms with E-state index in [1.54, 1.807) is 6.07 Å². The summed E-state index contributed by atoms with van der Waals surface area (Å²) in [4.78, 5) is 0.0181. The number of sulfonamides is 1. The fourth-order valence-electron chi connectivity index (χ4n) is 1.52. The van der Waals surface area contributed by atoms with Gasteiger partial charge in [0.25, 0.3) is 0 Å². The smallest absolute Gasteiger partial charge is 0.244 e. The Morgan fingerprint density at radius 3 is 2.56 bits per heavy atom. The van der Waals surface area contributed by atoms with Gasteiger partial charge in [0.1, 0.15) is 4.90 Å². The standard InChI is InChI=1S/C11H17ClN2O3S/c1-8(15)7-14(2)18(16,17)11-4-3-9(6-13)5-10(11)12/h3-5,8,15H,6-7,13H2,1-2H3. The molecule has 7 heteroatoms. The fourth-order valence-corrected chi connectivity index (χ4v) is 3.31. The molecule has 0 aromatic heterocycles. The van der Waals surface area contributed by atoms with Crippen LogP contribution in [0.1, 0.15) is 12.5 Å². The fraction of sp³-hybridized carbons (Fsp3) is 0.455. The molecule has 1 unspecified atom stereocenters. The Kier molecular flexibility index (Phi) is 5.12. The largest absolute Gasteiger partial charge is 0.392 e. The zero-order valence-electron chi connectivity index (χ0n) is 10.3. The molecule has 0 aliphatic carbocycles. The molecule has 0 radical (unpaired) electrons. The molecule has 0 aliphatic rings. The van der Waals surface area contributed by atoms with Gasteiger partial charge >= 0.3 is 0 Å². The highest BCUT2D eigenvalue weighted by atomic mass is 35.5. The summed E-state index contributed by atoms with van der Waals surface area (Å²) in [5.74, 6) is 0. The molecule has 0 spiro atoms. The molecule has 0 amide bonds. The maximum Gasteiger partial charge on any atom is 0.244 e. The molecule has 0 saturated carbocycles. The second kappa shape index (κ2) is 5.99. The first-order valence-electron chi connectivity index (χ1n) is 5.42. The number of nitrogens with zero attached hydrogens (tertiary/aromatic N) is 1. The van der Waals surface area contributed by atoms with Crippen LogP contribution in [0, 0.1) is 0 Å². The third-order valence-corrected chi connectivity index (χ3v) is 4.75. The van der Waals surface area contributed by atoms with Crippen LogP contribution in [0.5, 0.6) is 0 Å². The van der Waals surface area contributed by atoms with E-state index in [9.17, 15) is 13.5 Å². The van der Waals surface area contributed by atoms with E-state index in [1.165, 1.54) is 26.1 Å². The van der Waals surface area contributed by atoms with Crippen LogP contribution in [0.15, 0.2) is 23.1 Å². The lowest BCUT2D eigenvalue weighted by Crippen LogP contribution is -2.33. The second-order valence-electron chi connectivity index (χ2n) is 4.10. The molecule has 0 bridgehead atoms. The molecule has 1 aromatic rings. The zero-order chi connectivity index (χ0) is 13.9. The maximum absolute atomic E-state index is 12.2. The van der Waals surface area contributed by atoms with Crippen molar-refractivity contribution >= 4 is 21.6 Å². The van der Waals surface area contributed by atoms with Gasteiger partial charge in [0.15, 0.2) is 0 Å². The van der Waals surface area contributed by atoms with Gasteiger partial charge in [-0.25, -0.2) is 8.42 Å². The molecule has 0 fully saturated rings. The van der Waals surface area contributed by atoms with Crippen LogP contribution < -0.4 is 5.73 Å². The van der Waals surface area contributed by atoms with E-state index in [0.717, 1.165) is 9.87 Å². The van der Waals surface area contributed by atoms with Crippen molar-refractivity contribution in [2.45, 2.75) is 24.5 Å². The van der Waals surface area contributed by atoms with Gasteiger partial charge < -0.3 is 10.8 Å². The van der Waals surface area contributed by atoms with Gasteiger partial charge in [-0.3, -0.25) is 0 Å². The lowest BCUT2D eigenvalue weighted by molar-refractivity contribution is 0.171. The molecule has 0 aliphatic heterocycles. The molecule has 1 aromatic carbocycles. The Bertz CT molecular complexity index is 517. The minimum absolute atomic E-state index is 0.0112. The van der Waals surface area contributed by atoms with E-state index in [-0.39, 0.29) is 16.5 Å². The minimum Gasteiger partial charge on any atom is -0.392 e. The van der Waals surface area contributed by atoms with Crippen LogP contribution in [0.4, 0.5) is 0 Å². The van der Waals surface area contributed by atoms with Gasteiger partial charge in [0, 0.05) is 20.1 Å². The first-order chi connectivity index (χ1) is 8.28. The lowest BCUT2D eigenvalue weighted by Gasteiger charge is -2.19. The Balaban J connectivity index is 3.12. The monoisotopic (exact) mass is 292 g/mol. The van der Waals surface area contributed by atoms with Gasteiger partial charge in [0.05, 0.1) is 11.1 Å². The minimum atomic E-state index is -3.69. The summed E-state index contributed by atoms with van der Waals surface area (Å²) in [5.41, 5.74) is 6.21. The average molecular weight is 293 g/mol. The quantitative estimate of drug-likeness (QED) is 0.841. The highest BCUT2D eigenvalue weighted by Crippen LogP contribution is 2.25. The number of hydrogen-bond acceptors (Lipinski definition) is 4. The predicted molar refractivity (Wildman–Crippen MR) is 70.8 cm³/mol. The van der Waals surface area contributed by atoms with Crippen LogP contribution in [-0.4, -0.2) is 37.5 Å². The number of nitrogens with two attached hydrogens (primary N) is 1. The van der Waals surface area contributed by atoms with Crippen LogP contribution in [0.3, 0.4) is 0 Å². The molecule has 18 heavy (non-hydrogen) atoms. The van der Waals surface area contributed by atoms with Crippen molar-refractivity contribution in [2.24, 2.45) is 5.73 Å². The van der Waals surface area contributed by atoms with Crippen molar-refractivity contribution in [2.75, 3.05) is 13.6 Å². The van der Waals surface area contributed by atoms with Gasteiger partial charge in [-0.1, -0.05) is 17.7 Å². The van der Waals surface area contributed by atoms with E-state index in [2.05, 4.69) is 0 Å². The average Bonchev–Trinajstić information content (AvgIpc) is 2.27. The highest BCUT2D eigenvalue weighted by molar-refractivity contribution is 7.89. The number of benzene rings is 1. The van der Waals surface area contributed by atoms with Crippen molar-refractivity contribution in [3.05, 3.63) is 28.8 Å². The Morgan fingerprint density at radius 1 is 1.50 bits per heavy atom. The summed E-state index contributed by atoms with van der Waals surface area (Å²) in [7, 11) is -2.29. The van der Waals surface area contributed by atoms with Crippen molar-refractivity contribution in [3.8, 4) is 0 Å². The van der Waals surface area contributed by atoms with Gasteiger partial charge in [-0.15, -0.1) is 0 Å². The molecule has 0 heterocycles. The van der Waals surface area contributed by atoms with E-state index in [4.69, 9.17) is 17.3 Å². The number of hydrogen-bond donors (Lipinski definition) is 2. The topological polar surface area (TPSA) is 83.6 Å². The van der Waals surface area contributed by atoms with E-state index in [1.807, 2.05) is 0 Å².